The molecule has 0 aromatic heterocycles. The van der Waals surface area contributed by atoms with Gasteiger partial charge in [0.15, 0.2) is 0 Å². The zero-order valence-corrected chi connectivity index (χ0v) is 12.5. The van der Waals surface area contributed by atoms with Gasteiger partial charge < -0.3 is 5.32 Å². The summed E-state index contributed by atoms with van der Waals surface area (Å²) in [6.45, 7) is 5.93. The Morgan fingerprint density at radius 1 is 1.35 bits per heavy atom. The highest BCUT2D eigenvalue weighted by atomic mass is 32.2. The Morgan fingerprint density at radius 2 is 2.00 bits per heavy atom. The molecule has 0 aliphatic carbocycles. The van der Waals surface area contributed by atoms with E-state index in [2.05, 4.69) is 10.0 Å². The Balaban J connectivity index is 3.31. The standard InChI is InChI=1S/C12H19N3O4S/c1-4-9(3)14-20(18,19)12-8-10(15(16)17)6-7-11(12)13-5-2/h6-9,13-14H,4-5H2,1-3H3. The van der Waals surface area contributed by atoms with Gasteiger partial charge in [-0.1, -0.05) is 6.92 Å². The molecule has 0 radical (unpaired) electrons. The molecule has 0 fully saturated rings. The molecule has 1 rings (SSSR count). The fourth-order valence-corrected chi connectivity index (χ4v) is 3.12. The van der Waals surface area contributed by atoms with E-state index < -0.39 is 14.9 Å². The summed E-state index contributed by atoms with van der Waals surface area (Å²) in [6, 6.07) is 3.52. The number of nitro groups is 1. The summed E-state index contributed by atoms with van der Waals surface area (Å²) >= 11 is 0. The molecule has 8 heteroatoms. The predicted molar refractivity (Wildman–Crippen MR) is 77.3 cm³/mol. The number of nitrogens with zero attached hydrogens (tertiary/aromatic N) is 1. The Hall–Kier alpha value is -1.67. The fourth-order valence-electron chi connectivity index (χ4n) is 1.60. The molecular formula is C12H19N3O4S. The van der Waals surface area contributed by atoms with Crippen LogP contribution in [-0.2, 0) is 10.0 Å². The van der Waals surface area contributed by atoms with E-state index in [1.54, 1.807) is 6.92 Å². The van der Waals surface area contributed by atoms with Crippen molar-refractivity contribution in [2.24, 2.45) is 0 Å². The molecule has 1 unspecified atom stereocenters. The highest BCUT2D eigenvalue weighted by Crippen LogP contribution is 2.26. The molecule has 0 aliphatic heterocycles. The molecule has 0 bridgehead atoms. The minimum absolute atomic E-state index is 0.103. The van der Waals surface area contributed by atoms with Crippen molar-refractivity contribution in [1.29, 1.82) is 0 Å². The van der Waals surface area contributed by atoms with Crippen LogP contribution < -0.4 is 10.0 Å². The van der Waals surface area contributed by atoms with Crippen LogP contribution in [0.25, 0.3) is 0 Å². The maximum Gasteiger partial charge on any atom is 0.270 e. The first kappa shape index (κ1) is 16.4. The molecule has 20 heavy (non-hydrogen) atoms. The molecule has 0 aliphatic rings. The average Bonchev–Trinajstić information content (AvgIpc) is 2.38. The van der Waals surface area contributed by atoms with E-state index in [1.165, 1.54) is 12.1 Å². The van der Waals surface area contributed by atoms with Gasteiger partial charge in [0.2, 0.25) is 10.0 Å². The second-order valence-corrected chi connectivity index (χ2v) is 6.08. The van der Waals surface area contributed by atoms with Crippen LogP contribution in [0.2, 0.25) is 0 Å². The van der Waals surface area contributed by atoms with Gasteiger partial charge in [0, 0.05) is 24.7 Å². The fraction of sp³-hybridized carbons (Fsp3) is 0.500. The number of nitro benzene ring substituents is 1. The SMILES string of the molecule is CCNc1ccc([N+](=O)[O-])cc1S(=O)(=O)NC(C)CC. The molecule has 0 saturated heterocycles. The first-order chi connectivity index (χ1) is 9.31. The summed E-state index contributed by atoms with van der Waals surface area (Å²) in [6.07, 6.45) is 0.630. The molecule has 1 aromatic rings. The highest BCUT2D eigenvalue weighted by Gasteiger charge is 2.23. The topological polar surface area (TPSA) is 101 Å². The first-order valence-electron chi connectivity index (χ1n) is 6.36. The third-order valence-electron chi connectivity index (χ3n) is 2.80. The normalized spacial score (nSPS) is 12.9. The van der Waals surface area contributed by atoms with Crippen molar-refractivity contribution in [3.63, 3.8) is 0 Å². The molecule has 1 aromatic carbocycles. The predicted octanol–water partition coefficient (Wildman–Crippen LogP) is 2.10. The van der Waals surface area contributed by atoms with Gasteiger partial charge in [0.1, 0.15) is 4.90 Å². The smallest absolute Gasteiger partial charge is 0.270 e. The summed E-state index contributed by atoms with van der Waals surface area (Å²) in [4.78, 5) is 10.1. The van der Waals surface area contributed by atoms with Crippen molar-refractivity contribution in [2.45, 2.75) is 38.1 Å². The Morgan fingerprint density at radius 3 is 2.50 bits per heavy atom. The lowest BCUT2D eigenvalue weighted by Gasteiger charge is -2.15. The van der Waals surface area contributed by atoms with E-state index in [0.717, 1.165) is 6.07 Å². The van der Waals surface area contributed by atoms with Gasteiger partial charge in [-0.2, -0.15) is 0 Å². The Kier molecular flexibility index (Phi) is 5.46. The van der Waals surface area contributed by atoms with E-state index in [0.29, 0.717) is 18.7 Å². The van der Waals surface area contributed by atoms with Gasteiger partial charge in [-0.3, -0.25) is 10.1 Å². The van der Waals surface area contributed by atoms with Crippen LogP contribution in [-0.4, -0.2) is 25.9 Å². The number of rotatable bonds is 7. The van der Waals surface area contributed by atoms with Crippen LogP contribution in [0.4, 0.5) is 11.4 Å². The third kappa shape index (κ3) is 3.91. The van der Waals surface area contributed by atoms with Crippen LogP contribution in [0, 0.1) is 10.1 Å². The van der Waals surface area contributed by atoms with Gasteiger partial charge >= 0.3 is 0 Å². The second kappa shape index (κ2) is 6.67. The number of sulfonamides is 1. The van der Waals surface area contributed by atoms with Crippen LogP contribution in [0.5, 0.6) is 0 Å². The van der Waals surface area contributed by atoms with Gasteiger partial charge in [0.05, 0.1) is 10.6 Å². The number of anilines is 1. The molecule has 1 atom stereocenters. The number of non-ortho nitro benzene ring substituents is 1. The molecule has 0 heterocycles. The Labute approximate surface area is 118 Å². The number of hydrogen-bond acceptors (Lipinski definition) is 5. The quantitative estimate of drug-likeness (QED) is 0.593. The van der Waals surface area contributed by atoms with Crippen molar-refractivity contribution in [3.8, 4) is 0 Å². The van der Waals surface area contributed by atoms with Crippen molar-refractivity contribution < 1.29 is 13.3 Å². The zero-order valence-electron chi connectivity index (χ0n) is 11.7. The lowest BCUT2D eigenvalue weighted by molar-refractivity contribution is -0.385. The van der Waals surface area contributed by atoms with E-state index in [9.17, 15) is 18.5 Å². The monoisotopic (exact) mass is 301 g/mol. The number of benzene rings is 1. The summed E-state index contributed by atoms with van der Waals surface area (Å²) in [5.74, 6) is 0. The van der Waals surface area contributed by atoms with Crippen LogP contribution >= 0.6 is 0 Å². The van der Waals surface area contributed by atoms with Gasteiger partial charge in [0.25, 0.3) is 5.69 Å². The lowest BCUT2D eigenvalue weighted by atomic mass is 10.3. The minimum Gasteiger partial charge on any atom is -0.384 e. The summed E-state index contributed by atoms with van der Waals surface area (Å²) in [5, 5.41) is 13.7. The van der Waals surface area contributed by atoms with Gasteiger partial charge in [-0.15, -0.1) is 0 Å². The minimum atomic E-state index is -3.80. The first-order valence-corrected chi connectivity index (χ1v) is 7.84. The maximum absolute atomic E-state index is 12.3. The lowest BCUT2D eigenvalue weighted by Crippen LogP contribution is -2.32. The van der Waals surface area contributed by atoms with E-state index in [1.807, 2.05) is 13.8 Å². The summed E-state index contributed by atoms with van der Waals surface area (Å²) in [7, 11) is -3.80. The van der Waals surface area contributed by atoms with Gasteiger partial charge in [-0.25, -0.2) is 13.1 Å². The van der Waals surface area contributed by atoms with Gasteiger partial charge in [-0.05, 0) is 26.3 Å². The van der Waals surface area contributed by atoms with Crippen LogP contribution in [0.3, 0.4) is 0 Å². The van der Waals surface area contributed by atoms with E-state index in [4.69, 9.17) is 0 Å². The van der Waals surface area contributed by atoms with E-state index >= 15 is 0 Å². The highest BCUT2D eigenvalue weighted by molar-refractivity contribution is 7.89. The second-order valence-electron chi connectivity index (χ2n) is 4.40. The third-order valence-corrected chi connectivity index (χ3v) is 4.43. The number of hydrogen-bond donors (Lipinski definition) is 2. The van der Waals surface area contributed by atoms with Crippen molar-refractivity contribution in [2.75, 3.05) is 11.9 Å². The number of nitrogens with one attached hydrogen (secondary N) is 2. The maximum atomic E-state index is 12.3. The van der Waals surface area contributed by atoms with Crippen LogP contribution in [0.1, 0.15) is 27.2 Å². The molecule has 112 valence electrons. The van der Waals surface area contributed by atoms with E-state index in [-0.39, 0.29) is 16.6 Å². The van der Waals surface area contributed by atoms with Crippen LogP contribution in [0.15, 0.2) is 23.1 Å². The van der Waals surface area contributed by atoms with Crippen molar-refractivity contribution in [1.82, 2.24) is 4.72 Å². The molecular weight excluding hydrogens is 282 g/mol. The Bertz CT molecular complexity index is 586. The molecule has 7 nitrogen and oxygen atoms in total. The largest absolute Gasteiger partial charge is 0.384 e. The van der Waals surface area contributed by atoms with Crippen molar-refractivity contribution >= 4 is 21.4 Å². The molecule has 2 N–H and O–H groups in total. The molecule has 0 amide bonds. The average molecular weight is 301 g/mol. The summed E-state index contributed by atoms with van der Waals surface area (Å²) in [5.41, 5.74) is 0.102. The molecule has 0 spiro atoms. The molecule has 0 saturated carbocycles. The summed E-state index contributed by atoms with van der Waals surface area (Å²) < 4.78 is 27.1. The van der Waals surface area contributed by atoms with Crippen molar-refractivity contribution in [3.05, 3.63) is 28.3 Å². The zero-order chi connectivity index (χ0) is 15.3.